The number of rotatable bonds is 25. The molecule has 1 unspecified atom stereocenters. The van der Waals surface area contributed by atoms with Crippen LogP contribution in [0.15, 0.2) is 0 Å². The molecule has 0 aliphatic heterocycles. The second-order valence-corrected chi connectivity index (χ2v) is 10.7. The Bertz CT molecular complexity index is 292. The number of hydrogen-bond acceptors (Lipinski definition) is 0. The summed E-state index contributed by atoms with van der Waals surface area (Å²) in [7, 11) is 0. The molecule has 0 aromatic heterocycles. The molecule has 0 amide bonds. The first-order valence-electron chi connectivity index (χ1n) is 14.5. The van der Waals surface area contributed by atoms with E-state index in [9.17, 15) is 0 Å². The molecule has 0 N–H and O–H groups in total. The third kappa shape index (κ3) is 26.0. The lowest BCUT2D eigenvalue weighted by Gasteiger charge is -2.11. The SMILES string of the molecule is [CH2]C(CCCCCCCCCCCCCC)CCCCCCCCCCCC(C)C. The molecule has 0 heteroatoms. The lowest BCUT2D eigenvalue weighted by atomic mass is 9.95. The standard InChI is InChI=1S/C30H61/c1-5-6-7-8-9-10-11-12-15-18-21-24-27-30(4)28-25-22-19-16-13-14-17-20-23-26-29(2)3/h29-30H,4-28H2,1-3H3. The summed E-state index contributed by atoms with van der Waals surface area (Å²) in [5.74, 6) is 1.61. The number of unbranched alkanes of at least 4 members (excludes halogenated alkanes) is 19. The summed E-state index contributed by atoms with van der Waals surface area (Å²) in [4.78, 5) is 0. The summed E-state index contributed by atoms with van der Waals surface area (Å²) in [6, 6.07) is 0. The summed E-state index contributed by atoms with van der Waals surface area (Å²) < 4.78 is 0. The summed E-state index contributed by atoms with van der Waals surface area (Å²) in [5.41, 5.74) is 0. The molecule has 0 saturated carbocycles. The molecule has 30 heavy (non-hydrogen) atoms. The maximum absolute atomic E-state index is 4.41. The zero-order valence-electron chi connectivity index (χ0n) is 21.8. The van der Waals surface area contributed by atoms with E-state index in [0.29, 0.717) is 5.92 Å². The Morgan fingerprint density at radius 1 is 0.400 bits per heavy atom. The molecule has 0 fully saturated rings. The van der Waals surface area contributed by atoms with Crippen molar-refractivity contribution in [3.05, 3.63) is 6.92 Å². The first-order chi connectivity index (χ1) is 14.7. The molecule has 1 atom stereocenters. The van der Waals surface area contributed by atoms with Gasteiger partial charge < -0.3 is 0 Å². The van der Waals surface area contributed by atoms with Crippen LogP contribution < -0.4 is 0 Å². The molecular formula is C30H61. The minimum atomic E-state index is 0.717. The van der Waals surface area contributed by atoms with E-state index in [1.165, 1.54) is 154 Å². The summed E-state index contributed by atoms with van der Waals surface area (Å²) in [6.45, 7) is 11.4. The van der Waals surface area contributed by atoms with Crippen molar-refractivity contribution < 1.29 is 0 Å². The third-order valence-electron chi connectivity index (χ3n) is 6.86. The summed E-state index contributed by atoms with van der Waals surface area (Å²) in [6.07, 6.45) is 34.7. The highest BCUT2D eigenvalue weighted by molar-refractivity contribution is 4.62. The molecule has 0 aromatic rings. The van der Waals surface area contributed by atoms with E-state index in [1.807, 2.05) is 0 Å². The highest BCUT2D eigenvalue weighted by Gasteiger charge is 2.02. The maximum atomic E-state index is 4.41. The second kappa shape index (κ2) is 25.3. The molecule has 0 bridgehead atoms. The van der Waals surface area contributed by atoms with Crippen LogP contribution in [-0.2, 0) is 0 Å². The van der Waals surface area contributed by atoms with E-state index in [4.69, 9.17) is 0 Å². The van der Waals surface area contributed by atoms with Gasteiger partial charge in [0.15, 0.2) is 0 Å². The van der Waals surface area contributed by atoms with Gasteiger partial charge in [-0.2, -0.15) is 0 Å². The van der Waals surface area contributed by atoms with Crippen LogP contribution in [0.1, 0.15) is 175 Å². The summed E-state index contributed by atoms with van der Waals surface area (Å²) >= 11 is 0. The van der Waals surface area contributed by atoms with Gasteiger partial charge in [0.1, 0.15) is 0 Å². The van der Waals surface area contributed by atoms with Gasteiger partial charge in [-0.25, -0.2) is 0 Å². The van der Waals surface area contributed by atoms with E-state index < -0.39 is 0 Å². The zero-order chi connectivity index (χ0) is 22.1. The first kappa shape index (κ1) is 30.0. The van der Waals surface area contributed by atoms with Crippen molar-refractivity contribution in [2.24, 2.45) is 11.8 Å². The van der Waals surface area contributed by atoms with E-state index in [-0.39, 0.29) is 0 Å². The van der Waals surface area contributed by atoms with E-state index in [0.717, 1.165) is 5.92 Å². The fourth-order valence-electron chi connectivity index (χ4n) is 4.64. The average Bonchev–Trinajstić information content (AvgIpc) is 2.72. The monoisotopic (exact) mass is 421 g/mol. The molecule has 0 rings (SSSR count). The van der Waals surface area contributed by atoms with Crippen LogP contribution in [0.25, 0.3) is 0 Å². The molecule has 0 spiro atoms. The van der Waals surface area contributed by atoms with E-state index >= 15 is 0 Å². The molecular weight excluding hydrogens is 360 g/mol. The molecule has 181 valence electrons. The highest BCUT2D eigenvalue weighted by atomic mass is 14.1. The molecule has 0 aliphatic carbocycles. The Morgan fingerprint density at radius 2 is 0.667 bits per heavy atom. The first-order valence-corrected chi connectivity index (χ1v) is 14.5. The van der Waals surface area contributed by atoms with Crippen molar-refractivity contribution in [2.75, 3.05) is 0 Å². The Hall–Kier alpha value is 0. The van der Waals surface area contributed by atoms with E-state index in [1.54, 1.807) is 0 Å². The van der Waals surface area contributed by atoms with Crippen LogP contribution in [0.3, 0.4) is 0 Å². The summed E-state index contributed by atoms with van der Waals surface area (Å²) in [5, 5.41) is 0. The largest absolute Gasteiger partial charge is 0.0654 e. The van der Waals surface area contributed by atoms with Gasteiger partial charge in [-0.05, 0) is 11.8 Å². The maximum Gasteiger partial charge on any atom is -0.0414 e. The topological polar surface area (TPSA) is 0 Å². The van der Waals surface area contributed by atoms with Gasteiger partial charge in [-0.15, -0.1) is 0 Å². The zero-order valence-corrected chi connectivity index (χ0v) is 21.8. The van der Waals surface area contributed by atoms with Crippen molar-refractivity contribution in [1.82, 2.24) is 0 Å². The van der Waals surface area contributed by atoms with Gasteiger partial charge in [-0.1, -0.05) is 182 Å². The fourth-order valence-corrected chi connectivity index (χ4v) is 4.64. The second-order valence-electron chi connectivity index (χ2n) is 10.7. The Labute approximate surface area is 193 Å². The van der Waals surface area contributed by atoms with Gasteiger partial charge in [0.2, 0.25) is 0 Å². The van der Waals surface area contributed by atoms with Gasteiger partial charge in [0.05, 0.1) is 0 Å². The minimum absolute atomic E-state index is 0.717. The molecule has 0 heterocycles. The van der Waals surface area contributed by atoms with Crippen molar-refractivity contribution in [3.63, 3.8) is 0 Å². The lowest BCUT2D eigenvalue weighted by molar-refractivity contribution is 0.458. The lowest BCUT2D eigenvalue weighted by Crippen LogP contribution is -1.95. The molecule has 0 saturated heterocycles. The number of hydrogen-bond donors (Lipinski definition) is 0. The van der Waals surface area contributed by atoms with Crippen molar-refractivity contribution in [1.29, 1.82) is 0 Å². The van der Waals surface area contributed by atoms with Crippen LogP contribution >= 0.6 is 0 Å². The molecule has 0 aliphatic rings. The van der Waals surface area contributed by atoms with Crippen LogP contribution in [0, 0.1) is 18.8 Å². The minimum Gasteiger partial charge on any atom is -0.0654 e. The quantitative estimate of drug-likeness (QED) is 0.128. The molecule has 1 radical (unpaired) electrons. The highest BCUT2D eigenvalue weighted by Crippen LogP contribution is 2.19. The Kier molecular flexibility index (Phi) is 25.3. The fraction of sp³-hybridized carbons (Fsp3) is 0.967. The van der Waals surface area contributed by atoms with Crippen LogP contribution in [0.4, 0.5) is 0 Å². The third-order valence-corrected chi connectivity index (χ3v) is 6.86. The van der Waals surface area contributed by atoms with Crippen LogP contribution in [-0.4, -0.2) is 0 Å². The predicted molar refractivity (Wildman–Crippen MR) is 140 cm³/mol. The van der Waals surface area contributed by atoms with Gasteiger partial charge in [0.25, 0.3) is 0 Å². The van der Waals surface area contributed by atoms with Gasteiger partial charge >= 0.3 is 0 Å². The van der Waals surface area contributed by atoms with Crippen molar-refractivity contribution >= 4 is 0 Å². The normalized spacial score (nSPS) is 12.7. The molecule has 0 aromatic carbocycles. The van der Waals surface area contributed by atoms with Crippen molar-refractivity contribution in [2.45, 2.75) is 175 Å². The Morgan fingerprint density at radius 3 is 0.967 bits per heavy atom. The predicted octanol–water partition coefficient (Wildman–Crippen LogP) is 11.5. The Balaban J connectivity index is 3.14. The van der Waals surface area contributed by atoms with Crippen LogP contribution in [0.2, 0.25) is 0 Å². The smallest absolute Gasteiger partial charge is 0.0414 e. The molecule has 0 nitrogen and oxygen atoms in total. The van der Waals surface area contributed by atoms with E-state index in [2.05, 4.69) is 27.7 Å². The van der Waals surface area contributed by atoms with Crippen molar-refractivity contribution in [3.8, 4) is 0 Å². The van der Waals surface area contributed by atoms with Gasteiger partial charge in [-0.3, -0.25) is 0 Å². The van der Waals surface area contributed by atoms with Crippen LogP contribution in [0.5, 0.6) is 0 Å². The van der Waals surface area contributed by atoms with Gasteiger partial charge in [0, 0.05) is 0 Å². The average molecular weight is 422 g/mol.